The van der Waals surface area contributed by atoms with Crippen molar-refractivity contribution in [1.82, 2.24) is 19.5 Å². The third kappa shape index (κ3) is 10.1. The van der Waals surface area contributed by atoms with E-state index in [4.69, 9.17) is 5.11 Å². The van der Waals surface area contributed by atoms with Crippen LogP contribution >= 0.6 is 22.7 Å². The number of nitrogens with one attached hydrogen (secondary N) is 1. The zero-order chi connectivity index (χ0) is 43.1. The van der Waals surface area contributed by atoms with Gasteiger partial charge in [-0.1, -0.05) is 48.1 Å². The van der Waals surface area contributed by atoms with Crippen molar-refractivity contribution in [1.29, 1.82) is 0 Å². The average Bonchev–Trinajstić information content (AvgIpc) is 3.93. The number of pyridine rings is 4. The van der Waals surface area contributed by atoms with Crippen molar-refractivity contribution in [2.75, 3.05) is 6.26 Å². The predicted molar refractivity (Wildman–Crippen MR) is 243 cm³/mol. The molecular weight excluding hydrogens is 825 g/mol. The molecule has 0 aliphatic carbocycles. The minimum Gasteiger partial charge on any atom is -0.478 e. The topological polar surface area (TPSA) is 152 Å². The number of carboxylic acids is 1. The van der Waals surface area contributed by atoms with Crippen molar-refractivity contribution in [3.8, 4) is 23.7 Å². The minimum atomic E-state index is -3.23. The Kier molecular flexibility index (Phi) is 12.9. The molecule has 0 radical (unpaired) electrons. The molecule has 0 atom stereocenters. The van der Waals surface area contributed by atoms with Crippen LogP contribution in [0.4, 0.5) is 0 Å². The molecule has 8 rings (SSSR count). The number of H-pyrrole nitrogens is 1. The number of aromatic amines is 1. The summed E-state index contributed by atoms with van der Waals surface area (Å²) in [7, 11) is -3.23. The summed E-state index contributed by atoms with van der Waals surface area (Å²) in [5.74, 6) is 11.7. The summed E-state index contributed by atoms with van der Waals surface area (Å²) in [4.78, 5) is 49.2. The van der Waals surface area contributed by atoms with Crippen LogP contribution in [0.3, 0.4) is 0 Å². The van der Waals surface area contributed by atoms with E-state index < -0.39 is 15.8 Å². The van der Waals surface area contributed by atoms with E-state index in [0.717, 1.165) is 53.4 Å². The van der Waals surface area contributed by atoms with Gasteiger partial charge in [-0.05, 0) is 113 Å². The highest BCUT2D eigenvalue weighted by Gasteiger charge is 2.16. The second-order valence-electron chi connectivity index (χ2n) is 14.2. The summed E-state index contributed by atoms with van der Waals surface area (Å²) in [6.45, 7) is 4.29. The fourth-order valence-corrected chi connectivity index (χ4v) is 9.19. The number of aromatic nitrogens is 4. The number of carboxylic acid groups (broad SMARTS) is 1. The number of nitrogens with zero attached hydrogens (tertiary/aromatic N) is 3. The van der Waals surface area contributed by atoms with Crippen molar-refractivity contribution in [3.63, 3.8) is 0 Å². The summed E-state index contributed by atoms with van der Waals surface area (Å²) in [6.07, 6.45) is 9.86. The van der Waals surface area contributed by atoms with Crippen molar-refractivity contribution < 1.29 is 18.3 Å². The molecule has 0 aliphatic heterocycles. The number of fused-ring (bicyclic) bond motifs is 2. The zero-order valence-electron chi connectivity index (χ0n) is 33.4. The molecule has 13 heteroatoms. The molecule has 6 heterocycles. The van der Waals surface area contributed by atoms with Gasteiger partial charge in [-0.3, -0.25) is 24.1 Å². The summed E-state index contributed by atoms with van der Waals surface area (Å²) in [6, 6.07) is 24.7. The Balaban J connectivity index is 0.000000184. The van der Waals surface area contributed by atoms with Gasteiger partial charge in [0.05, 0.1) is 38.3 Å². The number of aryl methyl sites for hydroxylation is 2. The van der Waals surface area contributed by atoms with Gasteiger partial charge < -0.3 is 10.1 Å². The van der Waals surface area contributed by atoms with Crippen molar-refractivity contribution in [3.05, 3.63) is 191 Å². The van der Waals surface area contributed by atoms with Gasteiger partial charge in [0.2, 0.25) is 0 Å². The molecule has 2 aromatic carbocycles. The summed E-state index contributed by atoms with van der Waals surface area (Å²) in [5.41, 5.74) is 7.35. The Bertz CT molecular complexity index is 3260. The van der Waals surface area contributed by atoms with Crippen LogP contribution in [0.5, 0.6) is 0 Å². The Hall–Kier alpha value is -6.90. The lowest BCUT2D eigenvalue weighted by atomic mass is 10.1. The Labute approximate surface area is 360 Å². The number of benzene rings is 2. The highest BCUT2D eigenvalue weighted by atomic mass is 32.2. The number of hydrogen-bond donors (Lipinski definition) is 2. The normalized spacial score (nSPS) is 10.9. The van der Waals surface area contributed by atoms with Crippen molar-refractivity contribution in [2.24, 2.45) is 0 Å². The van der Waals surface area contributed by atoms with E-state index in [1.807, 2.05) is 55.6 Å². The molecule has 8 aromatic rings. The number of aromatic carboxylic acids is 1. The van der Waals surface area contributed by atoms with E-state index >= 15 is 0 Å². The quantitative estimate of drug-likeness (QED) is 0.146. The third-order valence-electron chi connectivity index (χ3n) is 9.89. The smallest absolute Gasteiger partial charge is 0.335 e. The van der Waals surface area contributed by atoms with Crippen LogP contribution < -0.4 is 11.1 Å². The van der Waals surface area contributed by atoms with Gasteiger partial charge in [-0.2, -0.15) is 0 Å². The summed E-state index contributed by atoms with van der Waals surface area (Å²) < 4.78 is 26.8. The van der Waals surface area contributed by atoms with Crippen LogP contribution in [0.2, 0.25) is 0 Å². The van der Waals surface area contributed by atoms with Crippen LogP contribution in [-0.4, -0.2) is 45.3 Å². The van der Waals surface area contributed by atoms with Gasteiger partial charge in [-0.25, -0.2) is 13.2 Å². The fourth-order valence-electron chi connectivity index (χ4n) is 6.61. The maximum Gasteiger partial charge on any atom is 0.335 e. The van der Waals surface area contributed by atoms with E-state index in [9.17, 15) is 22.8 Å². The van der Waals surface area contributed by atoms with Crippen LogP contribution in [0.1, 0.15) is 60.0 Å². The standard InChI is InChI=1S/C24H20N2O3S2.C24H18N2O3S/c1-16-22(14-18-6-8-20(9-7-18)31(2,28)29)26-24(27)21-15-19(30-23(16)21)5-3-4-17-10-12-25-13-11-17;1-16-21(6-2-4-17-5-3-12-25-14-17)26(23(27)20-11-13-30-22(16)20)15-18-7-9-19(10-8-18)24(28)29/h6-13,15H,4,14H2,1-2H3,(H,26,27);3,5,7-14H,4,15H2,1H3,(H,28,29). The van der Waals surface area contributed by atoms with E-state index in [2.05, 4.69) is 38.6 Å². The Morgan fingerprint density at radius 1 is 0.787 bits per heavy atom. The lowest BCUT2D eigenvalue weighted by Crippen LogP contribution is -2.24. The van der Waals surface area contributed by atoms with Gasteiger partial charge in [0.1, 0.15) is 0 Å². The van der Waals surface area contributed by atoms with Crippen LogP contribution in [0, 0.1) is 37.5 Å². The average molecular weight is 863 g/mol. The first-order chi connectivity index (χ1) is 29.4. The first-order valence-electron chi connectivity index (χ1n) is 19.0. The summed E-state index contributed by atoms with van der Waals surface area (Å²) in [5, 5.41) is 12.3. The van der Waals surface area contributed by atoms with Crippen LogP contribution in [0.25, 0.3) is 20.2 Å². The van der Waals surface area contributed by atoms with Crippen LogP contribution in [-0.2, 0) is 35.6 Å². The SMILES string of the molecule is Cc1c(C#CCc2cccnc2)n(Cc2ccc(C(=O)O)cc2)c(=O)c2ccsc12.Cc1c(Cc2ccc(S(C)(=O)=O)cc2)[nH]c(=O)c2cc(C#CCc3ccncc3)sc12. The maximum absolute atomic E-state index is 13.2. The van der Waals surface area contributed by atoms with Gasteiger partial charge >= 0.3 is 5.97 Å². The molecular formula is C48H38N4O6S3. The lowest BCUT2D eigenvalue weighted by molar-refractivity contribution is 0.0697. The summed E-state index contributed by atoms with van der Waals surface area (Å²) >= 11 is 3.05. The van der Waals surface area contributed by atoms with Gasteiger partial charge in [0, 0.05) is 65.4 Å². The first-order valence-corrected chi connectivity index (χ1v) is 22.6. The second kappa shape index (κ2) is 18.6. The third-order valence-corrected chi connectivity index (χ3v) is 13.2. The lowest BCUT2D eigenvalue weighted by Gasteiger charge is -2.13. The van der Waals surface area contributed by atoms with E-state index in [0.29, 0.717) is 42.3 Å². The predicted octanol–water partition coefficient (Wildman–Crippen LogP) is 7.99. The molecule has 0 spiro atoms. The van der Waals surface area contributed by atoms with E-state index in [1.54, 1.807) is 77.9 Å². The number of rotatable bonds is 8. The molecule has 0 unspecified atom stereocenters. The fraction of sp³-hybridized carbons (Fsp3) is 0.146. The molecule has 0 bridgehead atoms. The molecule has 0 saturated heterocycles. The van der Waals surface area contributed by atoms with E-state index in [-0.39, 0.29) is 21.6 Å². The van der Waals surface area contributed by atoms with Gasteiger partial charge in [0.25, 0.3) is 11.1 Å². The molecule has 10 nitrogen and oxygen atoms in total. The molecule has 2 N–H and O–H groups in total. The molecule has 0 amide bonds. The monoisotopic (exact) mass is 862 g/mol. The van der Waals surface area contributed by atoms with Crippen molar-refractivity contribution >= 4 is 58.7 Å². The number of thiophene rings is 2. The Morgan fingerprint density at radius 3 is 2.18 bits per heavy atom. The zero-order valence-corrected chi connectivity index (χ0v) is 35.8. The number of carbonyl (C=O) groups is 1. The largest absolute Gasteiger partial charge is 0.478 e. The molecule has 0 aliphatic rings. The number of sulfone groups is 1. The van der Waals surface area contributed by atoms with E-state index in [1.165, 1.54) is 28.9 Å². The molecule has 0 saturated carbocycles. The Morgan fingerprint density at radius 2 is 1.49 bits per heavy atom. The first kappa shape index (κ1) is 42.2. The van der Waals surface area contributed by atoms with Crippen molar-refractivity contribution in [2.45, 2.75) is 44.6 Å². The molecule has 0 fully saturated rings. The molecule has 61 heavy (non-hydrogen) atoms. The van der Waals surface area contributed by atoms with Crippen LogP contribution in [0.15, 0.2) is 130 Å². The molecule has 304 valence electrons. The highest BCUT2D eigenvalue weighted by Crippen LogP contribution is 2.28. The maximum atomic E-state index is 13.2. The minimum absolute atomic E-state index is 0.0927. The highest BCUT2D eigenvalue weighted by molar-refractivity contribution is 7.90. The molecule has 6 aromatic heterocycles. The number of hydrogen-bond acceptors (Lipinski definition) is 9. The van der Waals surface area contributed by atoms with Gasteiger partial charge in [-0.15, -0.1) is 22.7 Å². The van der Waals surface area contributed by atoms with Gasteiger partial charge in [0.15, 0.2) is 9.84 Å². The second-order valence-corrected chi connectivity index (χ2v) is 18.2.